The molecule has 14 heavy (non-hydrogen) atoms. The van der Waals surface area contributed by atoms with Crippen molar-refractivity contribution in [2.24, 2.45) is 10.9 Å². The van der Waals surface area contributed by atoms with Crippen LogP contribution < -0.4 is 11.1 Å². The first kappa shape index (κ1) is 10.8. The van der Waals surface area contributed by atoms with E-state index in [1.54, 1.807) is 0 Å². The highest BCUT2D eigenvalue weighted by atomic mass is 79.9. The van der Waals surface area contributed by atoms with Gasteiger partial charge in [0.2, 0.25) is 0 Å². The van der Waals surface area contributed by atoms with Crippen LogP contribution in [0.3, 0.4) is 0 Å². The molecule has 1 aromatic carbocycles. The molecule has 0 aliphatic carbocycles. The van der Waals surface area contributed by atoms with E-state index in [0.717, 1.165) is 15.7 Å². The molecule has 0 bridgehead atoms. The number of amidine groups is 1. The summed E-state index contributed by atoms with van der Waals surface area (Å²) in [7, 11) is 0. The summed E-state index contributed by atoms with van der Waals surface area (Å²) in [6.45, 7) is 2.32. The Hall–Kier alpha value is -1.23. The van der Waals surface area contributed by atoms with E-state index >= 15 is 0 Å². The van der Waals surface area contributed by atoms with E-state index in [2.05, 4.69) is 26.4 Å². The molecule has 0 heterocycles. The summed E-state index contributed by atoms with van der Waals surface area (Å²) in [6, 6.07) is 5.93. The first-order valence-corrected chi connectivity index (χ1v) is 4.89. The summed E-state index contributed by atoms with van der Waals surface area (Å²) < 4.78 is 0.953. The Labute approximate surface area is 90.9 Å². The number of oxime groups is 1. The maximum absolute atomic E-state index is 8.35. The zero-order valence-corrected chi connectivity index (χ0v) is 9.37. The Morgan fingerprint density at radius 3 is 3.00 bits per heavy atom. The van der Waals surface area contributed by atoms with E-state index in [-0.39, 0.29) is 5.84 Å². The minimum absolute atomic E-state index is 0.151. The third kappa shape index (κ3) is 2.92. The quantitative estimate of drug-likeness (QED) is 0.335. The van der Waals surface area contributed by atoms with Gasteiger partial charge in [-0.05, 0) is 40.5 Å². The molecule has 0 unspecified atom stereocenters. The molecule has 0 saturated heterocycles. The molecule has 0 saturated carbocycles. The Kier molecular flexibility index (Phi) is 3.76. The third-order valence-corrected chi connectivity index (χ3v) is 2.40. The minimum Gasteiger partial charge on any atom is -0.409 e. The first-order valence-electron chi connectivity index (χ1n) is 4.10. The minimum atomic E-state index is 0.151. The van der Waals surface area contributed by atoms with Gasteiger partial charge in [-0.25, -0.2) is 0 Å². The van der Waals surface area contributed by atoms with E-state index < -0.39 is 0 Å². The summed E-state index contributed by atoms with van der Waals surface area (Å²) in [6.07, 6.45) is 0. The van der Waals surface area contributed by atoms with Crippen LogP contribution in [0.25, 0.3) is 0 Å². The van der Waals surface area contributed by atoms with Crippen LogP contribution in [-0.4, -0.2) is 17.6 Å². The first-order chi connectivity index (χ1) is 6.63. The van der Waals surface area contributed by atoms with Crippen molar-refractivity contribution in [3.05, 3.63) is 28.2 Å². The Morgan fingerprint density at radius 1 is 1.64 bits per heavy atom. The number of halogens is 1. The molecule has 0 aromatic heterocycles. The van der Waals surface area contributed by atoms with Crippen LogP contribution in [0.4, 0.5) is 5.69 Å². The largest absolute Gasteiger partial charge is 0.409 e. The van der Waals surface area contributed by atoms with Crippen LogP contribution in [0.2, 0.25) is 0 Å². The van der Waals surface area contributed by atoms with Gasteiger partial charge < -0.3 is 16.3 Å². The zero-order chi connectivity index (χ0) is 10.6. The van der Waals surface area contributed by atoms with Gasteiger partial charge in [0.15, 0.2) is 5.84 Å². The van der Waals surface area contributed by atoms with Crippen LogP contribution in [-0.2, 0) is 0 Å². The topological polar surface area (TPSA) is 70.6 Å². The van der Waals surface area contributed by atoms with Gasteiger partial charge >= 0.3 is 0 Å². The lowest BCUT2D eigenvalue weighted by Crippen LogP contribution is -2.22. The lowest BCUT2D eigenvalue weighted by molar-refractivity contribution is 0.317. The molecule has 1 rings (SSSR count). The second kappa shape index (κ2) is 4.85. The van der Waals surface area contributed by atoms with Crippen LogP contribution in [0, 0.1) is 6.92 Å². The summed E-state index contributed by atoms with van der Waals surface area (Å²) >= 11 is 3.40. The second-order valence-corrected chi connectivity index (χ2v) is 3.78. The van der Waals surface area contributed by atoms with E-state index in [9.17, 15) is 0 Å². The fraction of sp³-hybridized carbons (Fsp3) is 0.222. The van der Waals surface area contributed by atoms with Gasteiger partial charge in [0, 0.05) is 10.2 Å². The summed E-state index contributed by atoms with van der Waals surface area (Å²) in [4.78, 5) is 0. The van der Waals surface area contributed by atoms with Crippen molar-refractivity contribution in [2.45, 2.75) is 6.92 Å². The van der Waals surface area contributed by atoms with E-state index in [0.29, 0.717) is 6.54 Å². The molecule has 0 amide bonds. The predicted molar refractivity (Wildman–Crippen MR) is 60.8 cm³/mol. The number of hydrogen-bond acceptors (Lipinski definition) is 3. The van der Waals surface area contributed by atoms with Crippen molar-refractivity contribution in [1.82, 2.24) is 0 Å². The molecule has 4 N–H and O–H groups in total. The van der Waals surface area contributed by atoms with Gasteiger partial charge in [0.1, 0.15) is 0 Å². The summed E-state index contributed by atoms with van der Waals surface area (Å²) in [5, 5.41) is 14.3. The number of nitrogens with zero attached hydrogens (tertiary/aromatic N) is 1. The molecule has 0 aliphatic heterocycles. The van der Waals surface area contributed by atoms with Crippen molar-refractivity contribution in [3.8, 4) is 0 Å². The highest BCUT2D eigenvalue weighted by Crippen LogP contribution is 2.22. The number of rotatable bonds is 3. The van der Waals surface area contributed by atoms with E-state index in [1.807, 2.05) is 25.1 Å². The number of hydrogen-bond donors (Lipinski definition) is 3. The van der Waals surface area contributed by atoms with Crippen LogP contribution in [0.1, 0.15) is 5.56 Å². The van der Waals surface area contributed by atoms with Crippen molar-refractivity contribution in [1.29, 1.82) is 0 Å². The highest BCUT2D eigenvalue weighted by molar-refractivity contribution is 9.10. The molecular formula is C9H12BrN3O. The zero-order valence-electron chi connectivity index (χ0n) is 7.79. The summed E-state index contributed by atoms with van der Waals surface area (Å²) in [5.41, 5.74) is 7.41. The fourth-order valence-electron chi connectivity index (χ4n) is 0.996. The van der Waals surface area contributed by atoms with Crippen molar-refractivity contribution in [2.75, 3.05) is 11.9 Å². The molecule has 76 valence electrons. The summed E-state index contributed by atoms with van der Waals surface area (Å²) in [5.74, 6) is 0.151. The molecular weight excluding hydrogens is 246 g/mol. The number of nitrogens with one attached hydrogen (secondary N) is 1. The van der Waals surface area contributed by atoms with Gasteiger partial charge in [0.25, 0.3) is 0 Å². The van der Waals surface area contributed by atoms with Crippen molar-refractivity contribution in [3.63, 3.8) is 0 Å². The smallest absolute Gasteiger partial charge is 0.158 e. The molecule has 0 atom stereocenters. The van der Waals surface area contributed by atoms with E-state index in [1.165, 1.54) is 0 Å². The van der Waals surface area contributed by atoms with Gasteiger partial charge in [0.05, 0.1) is 6.54 Å². The van der Waals surface area contributed by atoms with Gasteiger partial charge in [-0.2, -0.15) is 0 Å². The average Bonchev–Trinajstić information content (AvgIpc) is 2.19. The Balaban J connectivity index is 2.71. The highest BCUT2D eigenvalue weighted by Gasteiger charge is 2.00. The standard InChI is InChI=1S/C9H12BrN3O/c1-6-2-3-7(10)8(4-6)12-5-9(11)13-14/h2-4,12,14H,5H2,1H3,(H2,11,13). The lowest BCUT2D eigenvalue weighted by Gasteiger charge is -2.08. The van der Waals surface area contributed by atoms with E-state index in [4.69, 9.17) is 10.9 Å². The maximum atomic E-state index is 8.35. The Bertz CT molecular complexity index is 352. The van der Waals surface area contributed by atoms with Gasteiger partial charge in [-0.1, -0.05) is 11.2 Å². The molecule has 4 nitrogen and oxygen atoms in total. The monoisotopic (exact) mass is 257 g/mol. The number of benzene rings is 1. The van der Waals surface area contributed by atoms with Crippen LogP contribution in [0.15, 0.2) is 27.8 Å². The predicted octanol–water partition coefficient (Wildman–Crippen LogP) is 1.92. The van der Waals surface area contributed by atoms with Crippen LogP contribution in [0.5, 0.6) is 0 Å². The average molecular weight is 258 g/mol. The normalized spacial score (nSPS) is 11.4. The Morgan fingerprint density at radius 2 is 2.36 bits per heavy atom. The van der Waals surface area contributed by atoms with Crippen LogP contribution >= 0.6 is 15.9 Å². The number of aryl methyl sites for hydroxylation is 1. The van der Waals surface area contributed by atoms with Crippen molar-refractivity contribution >= 4 is 27.5 Å². The molecule has 0 fully saturated rings. The number of nitrogens with two attached hydrogens (primary N) is 1. The lowest BCUT2D eigenvalue weighted by atomic mass is 10.2. The molecule has 0 aliphatic rings. The fourth-order valence-corrected chi connectivity index (χ4v) is 1.38. The molecule has 5 heteroatoms. The molecule has 0 radical (unpaired) electrons. The molecule has 1 aromatic rings. The van der Waals surface area contributed by atoms with Gasteiger partial charge in [-0.15, -0.1) is 0 Å². The van der Waals surface area contributed by atoms with Gasteiger partial charge in [-0.3, -0.25) is 0 Å². The molecule has 0 spiro atoms. The third-order valence-electron chi connectivity index (χ3n) is 1.71. The maximum Gasteiger partial charge on any atom is 0.158 e. The SMILES string of the molecule is Cc1ccc(Br)c(NC/C(N)=N/O)c1. The second-order valence-electron chi connectivity index (χ2n) is 2.93. The van der Waals surface area contributed by atoms with Crippen molar-refractivity contribution < 1.29 is 5.21 Å². The number of anilines is 1.